The number of carbonyl (C=O) groups excluding carboxylic acids is 1. The lowest BCUT2D eigenvalue weighted by molar-refractivity contribution is 0.240. The molecule has 0 unspecified atom stereocenters. The molecule has 2 N–H and O–H groups in total. The van der Waals surface area contributed by atoms with Crippen LogP contribution in [0.3, 0.4) is 0 Å². The average molecular weight is 337 g/mol. The summed E-state index contributed by atoms with van der Waals surface area (Å²) in [6.07, 6.45) is 3.82. The second-order valence-corrected chi connectivity index (χ2v) is 5.60. The largest absolute Gasteiger partial charge is 0.338 e. The standard InChI is InChI=1S/C18H19N5O2/c1-13-2-4-14(5-3-13)12-21-18(24)20-11-8-16-22-17(25-23-16)15-6-9-19-10-7-15/h2-7,9-10H,8,11-12H2,1H3,(H2,20,21,24). The molecule has 2 amide bonds. The summed E-state index contributed by atoms with van der Waals surface area (Å²) in [4.78, 5) is 20.1. The normalized spacial score (nSPS) is 10.4. The Morgan fingerprint density at radius 3 is 2.60 bits per heavy atom. The topological polar surface area (TPSA) is 92.9 Å². The first-order valence-electron chi connectivity index (χ1n) is 8.01. The number of carbonyl (C=O) groups is 1. The van der Waals surface area contributed by atoms with Crippen molar-refractivity contribution >= 4 is 6.03 Å². The van der Waals surface area contributed by atoms with Gasteiger partial charge in [-0.05, 0) is 24.6 Å². The van der Waals surface area contributed by atoms with E-state index in [1.54, 1.807) is 24.5 Å². The lowest BCUT2D eigenvalue weighted by atomic mass is 10.1. The Hall–Kier alpha value is -3.22. The summed E-state index contributed by atoms with van der Waals surface area (Å²) in [6, 6.07) is 11.4. The molecule has 0 fully saturated rings. The van der Waals surface area contributed by atoms with E-state index in [1.807, 2.05) is 31.2 Å². The predicted molar refractivity (Wildman–Crippen MR) is 92.7 cm³/mol. The van der Waals surface area contributed by atoms with Crippen LogP contribution in [-0.2, 0) is 13.0 Å². The van der Waals surface area contributed by atoms with Crippen molar-refractivity contribution in [3.63, 3.8) is 0 Å². The summed E-state index contributed by atoms with van der Waals surface area (Å²) in [7, 11) is 0. The van der Waals surface area contributed by atoms with Gasteiger partial charge >= 0.3 is 6.03 Å². The van der Waals surface area contributed by atoms with Crippen molar-refractivity contribution in [3.05, 3.63) is 65.7 Å². The average Bonchev–Trinajstić information content (AvgIpc) is 3.11. The monoisotopic (exact) mass is 337 g/mol. The second kappa shape index (κ2) is 8.05. The molecule has 7 nitrogen and oxygen atoms in total. The number of amides is 2. The summed E-state index contributed by atoms with van der Waals surface area (Å²) in [5, 5.41) is 9.51. The van der Waals surface area contributed by atoms with Crippen LogP contribution < -0.4 is 10.6 Å². The quantitative estimate of drug-likeness (QED) is 0.721. The highest BCUT2D eigenvalue weighted by Gasteiger charge is 2.08. The highest BCUT2D eigenvalue weighted by atomic mass is 16.5. The van der Waals surface area contributed by atoms with Crippen LogP contribution in [-0.4, -0.2) is 27.7 Å². The molecule has 0 aliphatic heterocycles. The smallest absolute Gasteiger partial charge is 0.315 e. The number of hydrogen-bond donors (Lipinski definition) is 2. The van der Waals surface area contributed by atoms with E-state index in [1.165, 1.54) is 5.56 Å². The minimum Gasteiger partial charge on any atom is -0.338 e. The third kappa shape index (κ3) is 4.87. The summed E-state index contributed by atoms with van der Waals surface area (Å²) < 4.78 is 5.21. The van der Waals surface area contributed by atoms with Crippen LogP contribution in [0, 0.1) is 6.92 Å². The van der Waals surface area contributed by atoms with Crippen molar-refractivity contribution in [3.8, 4) is 11.5 Å². The second-order valence-electron chi connectivity index (χ2n) is 5.60. The molecule has 0 atom stereocenters. The molecule has 2 aromatic heterocycles. The van der Waals surface area contributed by atoms with Crippen LogP contribution in [0.2, 0.25) is 0 Å². The van der Waals surface area contributed by atoms with Crippen molar-refractivity contribution in [1.82, 2.24) is 25.8 Å². The molecule has 0 aliphatic carbocycles. The van der Waals surface area contributed by atoms with Crippen molar-refractivity contribution in [2.75, 3.05) is 6.54 Å². The van der Waals surface area contributed by atoms with E-state index in [0.717, 1.165) is 11.1 Å². The minimum absolute atomic E-state index is 0.224. The van der Waals surface area contributed by atoms with E-state index in [9.17, 15) is 4.79 Å². The molecule has 0 saturated carbocycles. The molecular formula is C18H19N5O2. The molecule has 0 radical (unpaired) electrons. The van der Waals surface area contributed by atoms with Gasteiger partial charge in [0.2, 0.25) is 0 Å². The number of benzene rings is 1. The van der Waals surface area contributed by atoms with Crippen LogP contribution in [0.5, 0.6) is 0 Å². The van der Waals surface area contributed by atoms with Gasteiger partial charge in [0.05, 0.1) is 0 Å². The number of nitrogens with zero attached hydrogens (tertiary/aromatic N) is 3. The maximum atomic E-state index is 11.8. The Morgan fingerprint density at radius 2 is 1.84 bits per heavy atom. The van der Waals surface area contributed by atoms with E-state index in [4.69, 9.17) is 4.52 Å². The van der Waals surface area contributed by atoms with Crippen LogP contribution in [0.4, 0.5) is 4.79 Å². The third-order valence-corrected chi connectivity index (χ3v) is 3.60. The Bertz CT molecular complexity index is 815. The van der Waals surface area contributed by atoms with Gasteiger partial charge in [-0.25, -0.2) is 4.79 Å². The van der Waals surface area contributed by atoms with E-state index >= 15 is 0 Å². The first-order valence-corrected chi connectivity index (χ1v) is 8.01. The SMILES string of the molecule is Cc1ccc(CNC(=O)NCCc2noc(-c3ccncc3)n2)cc1. The van der Waals surface area contributed by atoms with Gasteiger partial charge in [0, 0.05) is 37.5 Å². The number of pyridine rings is 1. The molecule has 1 aromatic carbocycles. The number of aromatic nitrogens is 3. The Balaban J connectivity index is 1.41. The highest BCUT2D eigenvalue weighted by Crippen LogP contribution is 2.15. The maximum Gasteiger partial charge on any atom is 0.315 e. The van der Waals surface area contributed by atoms with E-state index in [0.29, 0.717) is 31.2 Å². The van der Waals surface area contributed by atoms with Gasteiger partial charge in [-0.15, -0.1) is 0 Å². The zero-order valence-electron chi connectivity index (χ0n) is 13.9. The number of hydrogen-bond acceptors (Lipinski definition) is 5. The summed E-state index contributed by atoms with van der Waals surface area (Å²) in [5.74, 6) is 0.992. The fourth-order valence-electron chi connectivity index (χ4n) is 2.21. The number of aryl methyl sites for hydroxylation is 1. The zero-order valence-corrected chi connectivity index (χ0v) is 13.9. The van der Waals surface area contributed by atoms with Gasteiger partial charge in [0.25, 0.3) is 5.89 Å². The summed E-state index contributed by atoms with van der Waals surface area (Å²) >= 11 is 0. The summed E-state index contributed by atoms with van der Waals surface area (Å²) in [5.41, 5.74) is 3.07. The van der Waals surface area contributed by atoms with Crippen LogP contribution >= 0.6 is 0 Å². The molecule has 2 heterocycles. The fraction of sp³-hybridized carbons (Fsp3) is 0.222. The van der Waals surface area contributed by atoms with Gasteiger partial charge in [0.15, 0.2) is 5.82 Å². The Labute approximate surface area is 145 Å². The first-order chi connectivity index (χ1) is 12.2. The Kier molecular flexibility index (Phi) is 5.36. The van der Waals surface area contributed by atoms with Gasteiger partial charge in [-0.2, -0.15) is 4.98 Å². The molecule has 3 aromatic rings. The number of rotatable bonds is 6. The zero-order chi connectivity index (χ0) is 17.5. The van der Waals surface area contributed by atoms with Crippen molar-refractivity contribution in [2.24, 2.45) is 0 Å². The van der Waals surface area contributed by atoms with Gasteiger partial charge in [0.1, 0.15) is 0 Å². The molecule has 0 bridgehead atoms. The number of urea groups is 1. The van der Waals surface area contributed by atoms with Crippen LogP contribution in [0.25, 0.3) is 11.5 Å². The minimum atomic E-state index is -0.224. The molecule has 128 valence electrons. The molecule has 0 aliphatic rings. The molecule has 0 spiro atoms. The van der Waals surface area contributed by atoms with E-state index < -0.39 is 0 Å². The van der Waals surface area contributed by atoms with E-state index in [-0.39, 0.29) is 6.03 Å². The molecular weight excluding hydrogens is 318 g/mol. The molecule has 25 heavy (non-hydrogen) atoms. The molecule has 3 rings (SSSR count). The highest BCUT2D eigenvalue weighted by molar-refractivity contribution is 5.73. The van der Waals surface area contributed by atoms with Gasteiger partial charge in [-0.3, -0.25) is 4.98 Å². The lowest BCUT2D eigenvalue weighted by Crippen LogP contribution is -2.36. The Morgan fingerprint density at radius 1 is 1.08 bits per heavy atom. The first kappa shape index (κ1) is 16.6. The fourth-order valence-corrected chi connectivity index (χ4v) is 2.21. The van der Waals surface area contributed by atoms with E-state index in [2.05, 4.69) is 25.8 Å². The van der Waals surface area contributed by atoms with Crippen molar-refractivity contribution in [2.45, 2.75) is 19.9 Å². The third-order valence-electron chi connectivity index (χ3n) is 3.60. The van der Waals surface area contributed by atoms with Gasteiger partial charge in [-0.1, -0.05) is 35.0 Å². The molecule has 7 heteroatoms. The predicted octanol–water partition coefficient (Wildman–Crippen LogP) is 2.48. The summed E-state index contributed by atoms with van der Waals surface area (Å²) in [6.45, 7) is 2.94. The molecule has 0 saturated heterocycles. The van der Waals surface area contributed by atoms with Crippen LogP contribution in [0.15, 0.2) is 53.3 Å². The van der Waals surface area contributed by atoms with Crippen molar-refractivity contribution < 1.29 is 9.32 Å². The van der Waals surface area contributed by atoms with Crippen LogP contribution in [0.1, 0.15) is 17.0 Å². The maximum absolute atomic E-state index is 11.8. The lowest BCUT2D eigenvalue weighted by Gasteiger charge is -2.07. The van der Waals surface area contributed by atoms with Gasteiger partial charge < -0.3 is 15.2 Å². The number of nitrogens with one attached hydrogen (secondary N) is 2. The van der Waals surface area contributed by atoms with Crippen molar-refractivity contribution in [1.29, 1.82) is 0 Å².